The Balaban J connectivity index is 1.99. The molecule has 0 atom stereocenters. The highest BCUT2D eigenvalue weighted by Gasteiger charge is 2.21. The summed E-state index contributed by atoms with van der Waals surface area (Å²) in [6.45, 7) is 5.89. The van der Waals surface area contributed by atoms with Gasteiger partial charge in [-0.3, -0.25) is 4.79 Å². The molecule has 0 radical (unpaired) electrons. The van der Waals surface area contributed by atoms with Crippen molar-refractivity contribution in [3.63, 3.8) is 0 Å². The third-order valence-corrected chi connectivity index (χ3v) is 6.20. The van der Waals surface area contributed by atoms with E-state index in [2.05, 4.69) is 4.98 Å². The topological polar surface area (TPSA) is 39.2 Å². The van der Waals surface area contributed by atoms with Crippen molar-refractivity contribution in [2.75, 3.05) is 6.61 Å². The molecule has 2 aromatic heterocycles. The van der Waals surface area contributed by atoms with Crippen LogP contribution in [0.4, 0.5) is 13.2 Å². The summed E-state index contributed by atoms with van der Waals surface area (Å²) in [6, 6.07) is 0.534. The Bertz CT molecular complexity index is 994. The van der Waals surface area contributed by atoms with E-state index in [1.54, 1.807) is 18.3 Å². The van der Waals surface area contributed by atoms with E-state index in [0.717, 1.165) is 32.2 Å². The van der Waals surface area contributed by atoms with Crippen molar-refractivity contribution in [2.45, 2.75) is 33.6 Å². The molecule has 0 saturated heterocycles. The SMILES string of the molecule is CCOC(=O)Cc1c(C)sc(C)c1Cc1nc2c(F)c(F)cc(F)c2s1. The number of fused-ring (bicyclic) bond motifs is 1. The lowest BCUT2D eigenvalue weighted by Crippen LogP contribution is -2.09. The predicted octanol–water partition coefficient (Wildman–Crippen LogP) is 5.09. The van der Waals surface area contributed by atoms with Crippen LogP contribution in [0.2, 0.25) is 0 Å². The van der Waals surface area contributed by atoms with Gasteiger partial charge >= 0.3 is 5.97 Å². The number of aromatic nitrogens is 1. The number of carbonyl (C=O) groups is 1. The second kappa shape index (κ2) is 7.36. The van der Waals surface area contributed by atoms with Crippen LogP contribution in [0.25, 0.3) is 10.2 Å². The first kappa shape index (κ1) is 18.8. The fourth-order valence-electron chi connectivity index (χ4n) is 2.85. The van der Waals surface area contributed by atoms with Crippen molar-refractivity contribution < 1.29 is 22.7 Å². The van der Waals surface area contributed by atoms with Gasteiger partial charge in [-0.1, -0.05) is 0 Å². The highest BCUT2D eigenvalue weighted by atomic mass is 32.1. The minimum Gasteiger partial charge on any atom is -0.466 e. The normalized spacial score (nSPS) is 11.3. The number of ether oxygens (including phenoxy) is 1. The maximum Gasteiger partial charge on any atom is 0.310 e. The summed E-state index contributed by atoms with van der Waals surface area (Å²) in [5, 5.41) is 0.467. The second-order valence-electron chi connectivity index (χ2n) is 5.77. The summed E-state index contributed by atoms with van der Waals surface area (Å²) in [5.74, 6) is -3.54. The van der Waals surface area contributed by atoms with Crippen molar-refractivity contribution in [3.8, 4) is 0 Å². The molecule has 0 saturated carbocycles. The number of aryl methyl sites for hydroxylation is 2. The number of benzene rings is 1. The number of nitrogens with zero attached hydrogens (tertiary/aromatic N) is 1. The lowest BCUT2D eigenvalue weighted by atomic mass is 10.0. The number of halogens is 3. The second-order valence-corrected chi connectivity index (χ2v) is 8.28. The fraction of sp³-hybridized carbons (Fsp3) is 0.333. The van der Waals surface area contributed by atoms with Gasteiger partial charge in [-0.05, 0) is 31.9 Å². The van der Waals surface area contributed by atoms with Gasteiger partial charge in [0.05, 0.1) is 22.7 Å². The van der Waals surface area contributed by atoms with E-state index in [-0.39, 0.29) is 22.6 Å². The van der Waals surface area contributed by atoms with E-state index in [4.69, 9.17) is 4.74 Å². The Labute approximate surface area is 156 Å². The summed E-state index contributed by atoms with van der Waals surface area (Å²) in [5.41, 5.74) is 1.47. The van der Waals surface area contributed by atoms with Crippen molar-refractivity contribution in [2.24, 2.45) is 0 Å². The van der Waals surface area contributed by atoms with Gasteiger partial charge in [0.25, 0.3) is 0 Å². The van der Waals surface area contributed by atoms with Crippen LogP contribution in [0.1, 0.15) is 32.8 Å². The van der Waals surface area contributed by atoms with Gasteiger partial charge < -0.3 is 4.74 Å². The van der Waals surface area contributed by atoms with Crippen LogP contribution >= 0.6 is 22.7 Å². The number of thiophene rings is 1. The van der Waals surface area contributed by atoms with Gasteiger partial charge in [-0.2, -0.15) is 0 Å². The molecular weight excluding hydrogens is 383 g/mol. The van der Waals surface area contributed by atoms with E-state index >= 15 is 0 Å². The first-order chi connectivity index (χ1) is 12.3. The third kappa shape index (κ3) is 3.48. The first-order valence-electron chi connectivity index (χ1n) is 7.98. The highest BCUT2D eigenvalue weighted by Crippen LogP contribution is 2.34. The minimum atomic E-state index is -1.25. The third-order valence-electron chi connectivity index (χ3n) is 4.03. The minimum absolute atomic E-state index is 0.00422. The zero-order chi connectivity index (χ0) is 19.0. The van der Waals surface area contributed by atoms with E-state index in [0.29, 0.717) is 24.1 Å². The molecule has 3 nitrogen and oxygen atoms in total. The molecule has 138 valence electrons. The number of esters is 1. The number of carbonyl (C=O) groups excluding carboxylic acids is 1. The first-order valence-corrected chi connectivity index (χ1v) is 9.61. The Morgan fingerprint density at radius 3 is 2.50 bits per heavy atom. The van der Waals surface area contributed by atoms with Gasteiger partial charge in [-0.15, -0.1) is 22.7 Å². The highest BCUT2D eigenvalue weighted by molar-refractivity contribution is 7.18. The maximum atomic E-state index is 13.9. The molecule has 0 aliphatic rings. The van der Waals surface area contributed by atoms with Crippen LogP contribution in [0, 0.1) is 31.3 Å². The van der Waals surface area contributed by atoms with Gasteiger partial charge in [-0.25, -0.2) is 18.2 Å². The van der Waals surface area contributed by atoms with Crippen LogP contribution in [-0.4, -0.2) is 17.6 Å². The average molecular weight is 399 g/mol. The molecule has 0 bridgehead atoms. The zero-order valence-corrected chi connectivity index (χ0v) is 16.0. The van der Waals surface area contributed by atoms with Crippen LogP contribution < -0.4 is 0 Å². The zero-order valence-electron chi connectivity index (χ0n) is 14.4. The summed E-state index contributed by atoms with van der Waals surface area (Å²) in [6.07, 6.45) is 0.465. The monoisotopic (exact) mass is 399 g/mol. The van der Waals surface area contributed by atoms with E-state index in [1.165, 1.54) is 0 Å². The van der Waals surface area contributed by atoms with Crippen molar-refractivity contribution in [3.05, 3.63) is 49.4 Å². The van der Waals surface area contributed by atoms with Crippen LogP contribution in [-0.2, 0) is 22.4 Å². The standard InChI is InChI=1S/C18H16F3NO2S2/c1-4-24-15(23)6-11-9(3)25-8(2)10(11)5-14-22-17-16(21)12(19)7-13(20)18(17)26-14/h7H,4-6H2,1-3H3. The Kier molecular flexibility index (Phi) is 5.34. The lowest BCUT2D eigenvalue weighted by Gasteiger charge is -2.06. The molecule has 0 spiro atoms. The molecule has 0 amide bonds. The summed E-state index contributed by atoms with van der Waals surface area (Å²) < 4.78 is 46.2. The number of hydrogen-bond acceptors (Lipinski definition) is 5. The molecule has 8 heteroatoms. The van der Waals surface area contributed by atoms with Crippen molar-refractivity contribution >= 4 is 38.9 Å². The molecular formula is C18H16F3NO2S2. The average Bonchev–Trinajstić information content (AvgIpc) is 3.10. The van der Waals surface area contributed by atoms with E-state index in [1.807, 2.05) is 13.8 Å². The van der Waals surface area contributed by atoms with Crippen LogP contribution in [0.15, 0.2) is 6.07 Å². The van der Waals surface area contributed by atoms with Crippen LogP contribution in [0.5, 0.6) is 0 Å². The Morgan fingerprint density at radius 2 is 1.81 bits per heavy atom. The maximum absolute atomic E-state index is 13.9. The largest absolute Gasteiger partial charge is 0.466 e. The summed E-state index contributed by atoms with van der Waals surface area (Å²) >= 11 is 2.54. The molecule has 0 N–H and O–H groups in total. The van der Waals surface area contributed by atoms with Crippen molar-refractivity contribution in [1.29, 1.82) is 0 Å². The van der Waals surface area contributed by atoms with E-state index in [9.17, 15) is 18.0 Å². The summed E-state index contributed by atoms with van der Waals surface area (Å²) in [4.78, 5) is 18.0. The van der Waals surface area contributed by atoms with Crippen molar-refractivity contribution in [1.82, 2.24) is 4.98 Å². The molecule has 0 aliphatic heterocycles. The quantitative estimate of drug-likeness (QED) is 0.443. The molecule has 2 heterocycles. The lowest BCUT2D eigenvalue weighted by molar-refractivity contribution is -0.142. The van der Waals surface area contributed by atoms with E-state index < -0.39 is 17.5 Å². The molecule has 0 aliphatic carbocycles. The number of rotatable bonds is 5. The molecule has 0 unspecified atom stereocenters. The summed E-state index contributed by atoms with van der Waals surface area (Å²) in [7, 11) is 0. The van der Waals surface area contributed by atoms with Gasteiger partial charge in [0.1, 0.15) is 11.3 Å². The van der Waals surface area contributed by atoms with Gasteiger partial charge in [0.15, 0.2) is 11.6 Å². The number of thiazole rings is 1. The Morgan fingerprint density at radius 1 is 1.12 bits per heavy atom. The molecule has 1 aromatic carbocycles. The molecule has 0 fully saturated rings. The predicted molar refractivity (Wildman–Crippen MR) is 96.4 cm³/mol. The molecule has 26 heavy (non-hydrogen) atoms. The number of hydrogen-bond donors (Lipinski definition) is 0. The van der Waals surface area contributed by atoms with Crippen LogP contribution in [0.3, 0.4) is 0 Å². The fourth-order valence-corrected chi connectivity index (χ4v) is 4.93. The Hall–Kier alpha value is -1.93. The smallest absolute Gasteiger partial charge is 0.310 e. The van der Waals surface area contributed by atoms with Gasteiger partial charge in [0, 0.05) is 22.2 Å². The molecule has 3 rings (SSSR count). The molecule has 3 aromatic rings. The van der Waals surface area contributed by atoms with Gasteiger partial charge in [0.2, 0.25) is 0 Å².